The Kier molecular flexibility index (Phi) is 9.60. The lowest BCUT2D eigenvalue weighted by Crippen LogP contribution is -2.27. The standard InChI is InChI=1S/C35H43Br2N2/c1-7-9-22-38-30-20-18-26(36)24-28(30)34(3,4)32(38)16-14-12-11-13-15-17-33-35(5,6)29-25-27(37)19-21-31(29)39(33)23-10-8-2/h11-21,24-25H,7-10,22-23H2,1-6H3/q+1. The molecule has 0 N–H and O–H groups in total. The van der Waals surface area contributed by atoms with Crippen molar-refractivity contribution in [1.29, 1.82) is 0 Å². The number of benzene rings is 2. The Labute approximate surface area is 253 Å². The lowest BCUT2D eigenvalue weighted by atomic mass is 9.81. The van der Waals surface area contributed by atoms with Crippen LogP contribution in [-0.2, 0) is 10.8 Å². The molecule has 0 saturated carbocycles. The first kappa shape index (κ1) is 29.8. The van der Waals surface area contributed by atoms with Crippen LogP contribution in [0.5, 0.6) is 0 Å². The average molecular weight is 652 g/mol. The van der Waals surface area contributed by atoms with E-state index in [-0.39, 0.29) is 10.8 Å². The SMILES string of the molecule is CCCCN1/C(=C/C=C/C=C/C=C/C2=[N+](CCCC)c3ccc(Br)cc3C2(C)C)C(C)(C)c2cc(Br)ccc21. The topological polar surface area (TPSA) is 6.25 Å². The van der Waals surface area contributed by atoms with Crippen LogP contribution in [0.2, 0.25) is 0 Å². The third kappa shape index (κ3) is 6.12. The number of nitrogens with zero attached hydrogens (tertiary/aromatic N) is 2. The quantitative estimate of drug-likeness (QED) is 0.183. The molecule has 0 radical (unpaired) electrons. The number of rotatable bonds is 10. The molecule has 2 aliphatic heterocycles. The summed E-state index contributed by atoms with van der Waals surface area (Å²) in [5.41, 5.74) is 8.13. The van der Waals surface area contributed by atoms with Gasteiger partial charge < -0.3 is 4.90 Å². The first-order valence-corrected chi connectivity index (χ1v) is 16.0. The maximum Gasteiger partial charge on any atom is 0.209 e. The predicted molar refractivity (Wildman–Crippen MR) is 177 cm³/mol. The van der Waals surface area contributed by atoms with Gasteiger partial charge in [-0.1, -0.05) is 103 Å². The molecule has 0 aromatic heterocycles. The van der Waals surface area contributed by atoms with E-state index in [9.17, 15) is 0 Å². The fourth-order valence-corrected chi connectivity index (χ4v) is 6.62. The molecule has 4 rings (SSSR count). The van der Waals surface area contributed by atoms with E-state index in [1.807, 2.05) is 0 Å². The van der Waals surface area contributed by atoms with Crippen molar-refractivity contribution < 1.29 is 4.58 Å². The van der Waals surface area contributed by atoms with Crippen molar-refractivity contribution in [2.24, 2.45) is 0 Å². The molecule has 2 heterocycles. The van der Waals surface area contributed by atoms with E-state index in [0.29, 0.717) is 0 Å². The van der Waals surface area contributed by atoms with Crippen molar-refractivity contribution in [2.45, 2.75) is 78.1 Å². The summed E-state index contributed by atoms with van der Waals surface area (Å²) in [6, 6.07) is 13.4. The molecular weight excluding hydrogens is 608 g/mol. The van der Waals surface area contributed by atoms with E-state index >= 15 is 0 Å². The van der Waals surface area contributed by atoms with Gasteiger partial charge in [-0.05, 0) is 62.2 Å². The summed E-state index contributed by atoms with van der Waals surface area (Å²) in [4.78, 5) is 2.51. The molecule has 2 aliphatic rings. The van der Waals surface area contributed by atoms with E-state index < -0.39 is 0 Å². The molecule has 2 aromatic rings. The van der Waals surface area contributed by atoms with Crippen LogP contribution < -0.4 is 4.90 Å². The van der Waals surface area contributed by atoms with Gasteiger partial charge in [-0.2, -0.15) is 4.58 Å². The number of halogens is 2. The molecule has 39 heavy (non-hydrogen) atoms. The molecule has 2 aromatic carbocycles. The average Bonchev–Trinajstić information content (AvgIpc) is 3.23. The first-order chi connectivity index (χ1) is 18.6. The Hall–Kier alpha value is -2.17. The van der Waals surface area contributed by atoms with Crippen molar-refractivity contribution in [3.63, 3.8) is 0 Å². The van der Waals surface area contributed by atoms with Crippen LogP contribution in [0.15, 0.2) is 93.6 Å². The van der Waals surface area contributed by atoms with Crippen LogP contribution in [0.3, 0.4) is 0 Å². The zero-order valence-electron chi connectivity index (χ0n) is 24.4. The molecule has 0 saturated heterocycles. The van der Waals surface area contributed by atoms with Gasteiger partial charge in [0, 0.05) is 56.4 Å². The van der Waals surface area contributed by atoms with E-state index in [0.717, 1.165) is 22.0 Å². The number of fused-ring (bicyclic) bond motifs is 2. The molecular formula is C35H43Br2N2+. The summed E-state index contributed by atoms with van der Waals surface area (Å²) in [5.74, 6) is 0. The largest absolute Gasteiger partial charge is 0.344 e. The van der Waals surface area contributed by atoms with Gasteiger partial charge in [-0.15, -0.1) is 0 Å². The summed E-state index contributed by atoms with van der Waals surface area (Å²) >= 11 is 7.36. The maximum absolute atomic E-state index is 3.68. The van der Waals surface area contributed by atoms with Gasteiger partial charge in [0.25, 0.3) is 0 Å². The molecule has 2 nitrogen and oxygen atoms in total. The molecule has 0 spiro atoms. The van der Waals surface area contributed by atoms with Crippen LogP contribution in [-0.4, -0.2) is 23.4 Å². The predicted octanol–water partition coefficient (Wildman–Crippen LogP) is 10.5. The Morgan fingerprint density at radius 3 is 2.13 bits per heavy atom. The fourth-order valence-electron chi connectivity index (χ4n) is 5.90. The van der Waals surface area contributed by atoms with Gasteiger partial charge in [-0.25, -0.2) is 0 Å². The van der Waals surface area contributed by atoms with Crippen molar-refractivity contribution >= 4 is 48.9 Å². The Bertz CT molecular complexity index is 1350. The summed E-state index contributed by atoms with van der Waals surface area (Å²) < 4.78 is 4.80. The van der Waals surface area contributed by atoms with Gasteiger partial charge in [0.2, 0.25) is 5.69 Å². The molecule has 206 valence electrons. The molecule has 0 unspecified atom stereocenters. The molecule has 0 fully saturated rings. The highest BCUT2D eigenvalue weighted by Gasteiger charge is 2.44. The van der Waals surface area contributed by atoms with Crippen molar-refractivity contribution in [3.05, 3.63) is 105 Å². The van der Waals surface area contributed by atoms with Crippen LogP contribution in [0, 0.1) is 0 Å². The van der Waals surface area contributed by atoms with Crippen LogP contribution in [0.4, 0.5) is 11.4 Å². The van der Waals surface area contributed by atoms with Crippen molar-refractivity contribution in [1.82, 2.24) is 0 Å². The maximum atomic E-state index is 3.68. The normalized spacial score (nSPS) is 18.9. The van der Waals surface area contributed by atoms with Crippen molar-refractivity contribution in [3.8, 4) is 0 Å². The number of allylic oxidation sites excluding steroid dienone is 8. The lowest BCUT2D eigenvalue weighted by Gasteiger charge is -2.27. The molecule has 0 aliphatic carbocycles. The van der Waals surface area contributed by atoms with Gasteiger partial charge in [0.15, 0.2) is 5.71 Å². The summed E-state index contributed by atoms with van der Waals surface area (Å²) in [7, 11) is 0. The second-order valence-corrected chi connectivity index (χ2v) is 13.5. The minimum absolute atomic E-state index is 0.0303. The molecule has 0 amide bonds. The molecule has 0 bridgehead atoms. The number of unbranched alkanes of at least 4 members (excludes halogenated alkanes) is 2. The van der Waals surface area contributed by atoms with E-state index in [1.165, 1.54) is 59.6 Å². The first-order valence-electron chi connectivity index (χ1n) is 14.4. The van der Waals surface area contributed by atoms with Gasteiger partial charge >= 0.3 is 0 Å². The molecule has 0 atom stereocenters. The van der Waals surface area contributed by atoms with Gasteiger partial charge in [0.1, 0.15) is 6.54 Å². The zero-order valence-corrected chi connectivity index (χ0v) is 27.6. The minimum Gasteiger partial charge on any atom is -0.344 e. The van der Waals surface area contributed by atoms with E-state index in [1.54, 1.807) is 0 Å². The zero-order chi connectivity index (χ0) is 28.2. The number of hydrogen-bond donors (Lipinski definition) is 0. The van der Waals surface area contributed by atoms with Gasteiger partial charge in [0.05, 0.1) is 5.41 Å². The Morgan fingerprint density at radius 1 is 0.769 bits per heavy atom. The molecule has 4 heteroatoms. The Morgan fingerprint density at radius 2 is 1.41 bits per heavy atom. The monoisotopic (exact) mass is 649 g/mol. The highest BCUT2D eigenvalue weighted by atomic mass is 79.9. The summed E-state index contributed by atoms with van der Waals surface area (Å²) in [6.07, 6.45) is 20.2. The van der Waals surface area contributed by atoms with Crippen LogP contribution in [0.25, 0.3) is 0 Å². The summed E-state index contributed by atoms with van der Waals surface area (Å²) in [6.45, 7) is 16.0. The van der Waals surface area contributed by atoms with E-state index in [2.05, 4.69) is 162 Å². The summed E-state index contributed by atoms with van der Waals surface area (Å²) in [5, 5.41) is 0. The van der Waals surface area contributed by atoms with Crippen LogP contribution in [0.1, 0.15) is 78.4 Å². The highest BCUT2D eigenvalue weighted by Crippen LogP contribution is 2.48. The fraction of sp³-hybridized carbons (Fsp3) is 0.400. The minimum atomic E-state index is -0.0303. The third-order valence-corrected chi connectivity index (χ3v) is 9.12. The second-order valence-electron chi connectivity index (χ2n) is 11.6. The lowest BCUT2D eigenvalue weighted by molar-refractivity contribution is -0.438. The number of hydrogen-bond acceptors (Lipinski definition) is 1. The Balaban J connectivity index is 1.53. The van der Waals surface area contributed by atoms with E-state index in [4.69, 9.17) is 0 Å². The van der Waals surface area contributed by atoms with Crippen LogP contribution >= 0.6 is 31.9 Å². The highest BCUT2D eigenvalue weighted by molar-refractivity contribution is 9.10. The second kappa shape index (κ2) is 12.6. The van der Waals surface area contributed by atoms with Gasteiger partial charge in [-0.3, -0.25) is 0 Å². The smallest absolute Gasteiger partial charge is 0.209 e. The number of anilines is 1. The van der Waals surface area contributed by atoms with Crippen molar-refractivity contribution in [2.75, 3.05) is 18.0 Å². The third-order valence-electron chi connectivity index (χ3n) is 8.13.